The molecule has 1 heterocycles. The number of amides is 1. The molecule has 144 valence electrons. The highest BCUT2D eigenvalue weighted by Crippen LogP contribution is 2.19. The molecule has 1 amide bonds. The Balaban J connectivity index is 1.59. The van der Waals surface area contributed by atoms with E-state index in [4.69, 9.17) is 4.74 Å². The van der Waals surface area contributed by atoms with E-state index in [2.05, 4.69) is 34.4 Å². The fourth-order valence-corrected chi connectivity index (χ4v) is 2.72. The Morgan fingerprint density at radius 2 is 1.79 bits per heavy atom. The van der Waals surface area contributed by atoms with Crippen LogP contribution in [0.5, 0.6) is 5.75 Å². The molecule has 0 aliphatic heterocycles. The number of para-hydroxylation sites is 1. The molecule has 0 aliphatic carbocycles. The van der Waals surface area contributed by atoms with E-state index < -0.39 is 0 Å². The van der Waals surface area contributed by atoms with Crippen molar-refractivity contribution in [2.75, 3.05) is 17.7 Å². The maximum absolute atomic E-state index is 12.4. The largest absolute Gasteiger partial charge is 0.496 e. The van der Waals surface area contributed by atoms with Crippen molar-refractivity contribution in [3.8, 4) is 5.75 Å². The lowest BCUT2D eigenvalue weighted by Crippen LogP contribution is -2.14. The number of anilines is 2. The van der Waals surface area contributed by atoms with Crippen LogP contribution in [0.3, 0.4) is 0 Å². The first-order valence-corrected chi connectivity index (χ1v) is 9.16. The third-order valence-corrected chi connectivity index (χ3v) is 4.37. The first kappa shape index (κ1) is 19.4. The van der Waals surface area contributed by atoms with Gasteiger partial charge in [0, 0.05) is 17.8 Å². The highest BCUT2D eigenvalue weighted by Gasteiger charge is 2.09. The molecule has 0 atom stereocenters. The van der Waals surface area contributed by atoms with Gasteiger partial charge in [0.1, 0.15) is 17.3 Å². The molecule has 3 rings (SSSR count). The Morgan fingerprint density at radius 3 is 2.43 bits per heavy atom. The van der Waals surface area contributed by atoms with E-state index in [9.17, 15) is 4.79 Å². The highest BCUT2D eigenvalue weighted by atomic mass is 16.5. The van der Waals surface area contributed by atoms with Crippen LogP contribution in [0.2, 0.25) is 0 Å². The molecule has 0 spiro atoms. The molecule has 0 saturated carbocycles. The SMILES string of the molecule is COc1ccccc1CNc1cnc(C(=O)Nc2ccc(C(C)C)cc2)cn1. The molecule has 28 heavy (non-hydrogen) atoms. The minimum absolute atomic E-state index is 0.260. The lowest BCUT2D eigenvalue weighted by molar-refractivity contribution is 0.102. The normalized spacial score (nSPS) is 10.6. The smallest absolute Gasteiger partial charge is 0.275 e. The van der Waals surface area contributed by atoms with Crippen LogP contribution in [0.25, 0.3) is 0 Å². The number of nitrogens with one attached hydrogen (secondary N) is 2. The molecular weight excluding hydrogens is 352 g/mol. The number of ether oxygens (including phenoxy) is 1. The Morgan fingerprint density at radius 1 is 1.04 bits per heavy atom. The van der Waals surface area contributed by atoms with Crippen LogP contribution >= 0.6 is 0 Å². The third kappa shape index (κ3) is 4.85. The second kappa shape index (κ2) is 8.99. The van der Waals surface area contributed by atoms with Crippen molar-refractivity contribution in [1.82, 2.24) is 9.97 Å². The van der Waals surface area contributed by atoms with Gasteiger partial charge in [0.05, 0.1) is 19.5 Å². The van der Waals surface area contributed by atoms with Crippen LogP contribution in [0.15, 0.2) is 60.9 Å². The van der Waals surface area contributed by atoms with E-state index in [1.807, 2.05) is 48.5 Å². The standard InChI is InChI=1S/C22H24N4O2/c1-15(2)16-8-10-18(11-9-16)26-22(27)19-13-25-21(14-23-19)24-12-17-6-4-5-7-20(17)28-3/h4-11,13-15H,12H2,1-3H3,(H,24,25)(H,26,27). The van der Waals surface area contributed by atoms with E-state index in [1.54, 1.807) is 13.3 Å². The summed E-state index contributed by atoms with van der Waals surface area (Å²) in [5.74, 6) is 1.55. The van der Waals surface area contributed by atoms with Crippen LogP contribution in [0.4, 0.5) is 11.5 Å². The maximum atomic E-state index is 12.4. The predicted molar refractivity (Wildman–Crippen MR) is 111 cm³/mol. The van der Waals surface area contributed by atoms with Gasteiger partial charge in [-0.05, 0) is 29.7 Å². The zero-order valence-corrected chi connectivity index (χ0v) is 16.3. The minimum atomic E-state index is -0.291. The molecule has 2 N–H and O–H groups in total. The number of hydrogen-bond donors (Lipinski definition) is 2. The summed E-state index contributed by atoms with van der Waals surface area (Å²) in [6.45, 7) is 4.81. The lowest BCUT2D eigenvalue weighted by Gasteiger charge is -2.10. The number of methoxy groups -OCH3 is 1. The summed E-state index contributed by atoms with van der Waals surface area (Å²) in [5.41, 5.74) is 3.23. The lowest BCUT2D eigenvalue weighted by atomic mass is 10.0. The van der Waals surface area contributed by atoms with Gasteiger partial charge in [-0.3, -0.25) is 4.79 Å². The second-order valence-corrected chi connectivity index (χ2v) is 6.68. The van der Waals surface area contributed by atoms with Crippen molar-refractivity contribution in [2.45, 2.75) is 26.3 Å². The molecule has 0 radical (unpaired) electrons. The van der Waals surface area contributed by atoms with Crippen molar-refractivity contribution in [1.29, 1.82) is 0 Å². The van der Waals surface area contributed by atoms with E-state index in [-0.39, 0.29) is 11.6 Å². The summed E-state index contributed by atoms with van der Waals surface area (Å²) in [5, 5.41) is 6.02. The summed E-state index contributed by atoms with van der Waals surface area (Å²) in [6, 6.07) is 15.6. The van der Waals surface area contributed by atoms with Gasteiger partial charge in [-0.2, -0.15) is 0 Å². The molecule has 0 fully saturated rings. The summed E-state index contributed by atoms with van der Waals surface area (Å²) in [7, 11) is 1.64. The van der Waals surface area contributed by atoms with E-state index in [0.29, 0.717) is 18.3 Å². The average Bonchev–Trinajstić information content (AvgIpc) is 2.73. The monoisotopic (exact) mass is 376 g/mol. The maximum Gasteiger partial charge on any atom is 0.275 e. The van der Waals surface area contributed by atoms with Crippen LogP contribution in [0.1, 0.15) is 41.4 Å². The average molecular weight is 376 g/mol. The highest BCUT2D eigenvalue weighted by molar-refractivity contribution is 6.02. The molecular formula is C22H24N4O2. The zero-order chi connectivity index (χ0) is 19.9. The van der Waals surface area contributed by atoms with Crippen LogP contribution < -0.4 is 15.4 Å². The van der Waals surface area contributed by atoms with E-state index in [1.165, 1.54) is 11.8 Å². The van der Waals surface area contributed by atoms with Crippen LogP contribution in [-0.4, -0.2) is 23.0 Å². The van der Waals surface area contributed by atoms with Gasteiger partial charge >= 0.3 is 0 Å². The van der Waals surface area contributed by atoms with Crippen LogP contribution in [-0.2, 0) is 6.54 Å². The minimum Gasteiger partial charge on any atom is -0.496 e. The number of carbonyl (C=O) groups excluding carboxylic acids is 1. The molecule has 0 aliphatic rings. The van der Waals surface area contributed by atoms with Gasteiger partial charge in [0.15, 0.2) is 0 Å². The van der Waals surface area contributed by atoms with Crippen LogP contribution in [0, 0.1) is 0 Å². The molecule has 2 aromatic carbocycles. The van der Waals surface area contributed by atoms with Crippen molar-refractivity contribution in [2.24, 2.45) is 0 Å². The van der Waals surface area contributed by atoms with Gasteiger partial charge < -0.3 is 15.4 Å². The molecule has 0 unspecified atom stereocenters. The van der Waals surface area contributed by atoms with Crippen molar-refractivity contribution >= 4 is 17.4 Å². The molecule has 0 bridgehead atoms. The van der Waals surface area contributed by atoms with Gasteiger partial charge in [0.2, 0.25) is 0 Å². The first-order chi connectivity index (χ1) is 13.6. The van der Waals surface area contributed by atoms with Gasteiger partial charge in [-0.15, -0.1) is 0 Å². The zero-order valence-electron chi connectivity index (χ0n) is 16.3. The Hall–Kier alpha value is -3.41. The molecule has 3 aromatic rings. The molecule has 0 saturated heterocycles. The number of carbonyl (C=O) groups is 1. The van der Waals surface area contributed by atoms with Gasteiger partial charge in [-0.1, -0.05) is 44.2 Å². The fourth-order valence-electron chi connectivity index (χ4n) is 2.72. The number of benzene rings is 2. The quantitative estimate of drug-likeness (QED) is 0.636. The second-order valence-electron chi connectivity index (χ2n) is 6.68. The van der Waals surface area contributed by atoms with Crippen molar-refractivity contribution < 1.29 is 9.53 Å². The fraction of sp³-hybridized carbons (Fsp3) is 0.227. The Kier molecular flexibility index (Phi) is 6.22. The Labute approximate surface area is 165 Å². The summed E-state index contributed by atoms with van der Waals surface area (Å²) in [4.78, 5) is 20.8. The number of nitrogens with zero attached hydrogens (tertiary/aromatic N) is 2. The molecule has 6 heteroatoms. The van der Waals surface area contributed by atoms with E-state index in [0.717, 1.165) is 17.0 Å². The first-order valence-electron chi connectivity index (χ1n) is 9.16. The Bertz CT molecular complexity index is 922. The predicted octanol–water partition coefficient (Wildman–Crippen LogP) is 4.47. The van der Waals surface area contributed by atoms with Crippen molar-refractivity contribution in [3.63, 3.8) is 0 Å². The van der Waals surface area contributed by atoms with E-state index >= 15 is 0 Å². The third-order valence-electron chi connectivity index (χ3n) is 4.37. The molecule has 1 aromatic heterocycles. The topological polar surface area (TPSA) is 76.1 Å². The number of hydrogen-bond acceptors (Lipinski definition) is 5. The number of rotatable bonds is 7. The summed E-state index contributed by atoms with van der Waals surface area (Å²) in [6.07, 6.45) is 3.01. The van der Waals surface area contributed by atoms with Gasteiger partial charge in [0.25, 0.3) is 5.91 Å². The summed E-state index contributed by atoms with van der Waals surface area (Å²) < 4.78 is 5.33. The summed E-state index contributed by atoms with van der Waals surface area (Å²) >= 11 is 0. The van der Waals surface area contributed by atoms with Gasteiger partial charge in [-0.25, -0.2) is 9.97 Å². The number of aromatic nitrogens is 2. The molecule has 6 nitrogen and oxygen atoms in total. The van der Waals surface area contributed by atoms with Crippen molar-refractivity contribution in [3.05, 3.63) is 77.7 Å².